The second kappa shape index (κ2) is 7.85. The highest BCUT2D eigenvalue weighted by Crippen LogP contribution is 2.11. The lowest BCUT2D eigenvalue weighted by Crippen LogP contribution is -2.18. The molecule has 2 nitrogen and oxygen atoms in total. The zero-order valence-corrected chi connectivity index (χ0v) is 10.4. The molecule has 0 fully saturated rings. The van der Waals surface area contributed by atoms with Crippen LogP contribution in [0.3, 0.4) is 0 Å². The molecule has 0 radical (unpaired) electrons. The summed E-state index contributed by atoms with van der Waals surface area (Å²) in [6.45, 7) is 3.13. The Labute approximate surface area is 97.1 Å². The molecule has 0 bridgehead atoms. The van der Waals surface area contributed by atoms with Gasteiger partial charge in [-0.15, -0.1) is 11.3 Å². The number of thiophene rings is 1. The molecule has 0 saturated heterocycles. The van der Waals surface area contributed by atoms with E-state index in [1.807, 2.05) is 11.3 Å². The van der Waals surface area contributed by atoms with Gasteiger partial charge in [0.2, 0.25) is 0 Å². The highest BCUT2D eigenvalue weighted by molar-refractivity contribution is 7.09. The maximum atomic E-state index is 5.45. The van der Waals surface area contributed by atoms with E-state index in [2.05, 4.69) is 29.5 Å². The summed E-state index contributed by atoms with van der Waals surface area (Å²) in [5, 5.41) is 2.14. The van der Waals surface area contributed by atoms with Gasteiger partial charge in [-0.25, -0.2) is 0 Å². The number of nitrogens with zero attached hydrogens (tertiary/aromatic N) is 1. The van der Waals surface area contributed by atoms with Gasteiger partial charge >= 0.3 is 0 Å². The monoisotopic (exact) mass is 226 g/mol. The molecule has 15 heavy (non-hydrogen) atoms. The summed E-state index contributed by atoms with van der Waals surface area (Å²) < 4.78 is 0. The lowest BCUT2D eigenvalue weighted by molar-refractivity contribution is 0.319. The average Bonchev–Trinajstić information content (AvgIpc) is 2.70. The van der Waals surface area contributed by atoms with E-state index in [9.17, 15) is 0 Å². The fourth-order valence-electron chi connectivity index (χ4n) is 1.63. The molecule has 0 spiro atoms. The first-order valence-corrected chi connectivity index (χ1v) is 6.62. The summed E-state index contributed by atoms with van der Waals surface area (Å²) in [6, 6.07) is 4.32. The molecule has 0 aliphatic carbocycles. The van der Waals surface area contributed by atoms with E-state index in [-0.39, 0.29) is 0 Å². The Morgan fingerprint density at radius 1 is 1.27 bits per heavy atom. The summed E-state index contributed by atoms with van der Waals surface area (Å²) in [5.74, 6) is 0. The van der Waals surface area contributed by atoms with Crippen LogP contribution in [-0.4, -0.2) is 25.0 Å². The van der Waals surface area contributed by atoms with Crippen molar-refractivity contribution in [2.75, 3.05) is 20.1 Å². The van der Waals surface area contributed by atoms with Crippen LogP contribution in [0.5, 0.6) is 0 Å². The van der Waals surface area contributed by atoms with E-state index in [1.165, 1.54) is 37.1 Å². The third-order valence-corrected chi connectivity index (χ3v) is 3.36. The lowest BCUT2D eigenvalue weighted by atomic mass is 10.2. The van der Waals surface area contributed by atoms with Crippen molar-refractivity contribution in [1.82, 2.24) is 4.90 Å². The van der Waals surface area contributed by atoms with Gasteiger partial charge in [0.05, 0.1) is 0 Å². The first kappa shape index (κ1) is 12.7. The Bertz CT molecular complexity index is 234. The van der Waals surface area contributed by atoms with E-state index in [1.54, 1.807) is 0 Å². The maximum Gasteiger partial charge on any atom is 0.0324 e. The van der Waals surface area contributed by atoms with Crippen LogP contribution >= 0.6 is 11.3 Å². The minimum absolute atomic E-state index is 0.838. The van der Waals surface area contributed by atoms with Crippen molar-refractivity contribution in [2.45, 2.75) is 32.2 Å². The number of rotatable bonds is 8. The quantitative estimate of drug-likeness (QED) is 0.691. The molecular formula is C12H22N2S. The van der Waals surface area contributed by atoms with Gasteiger partial charge in [0.1, 0.15) is 0 Å². The van der Waals surface area contributed by atoms with Gasteiger partial charge in [0.15, 0.2) is 0 Å². The number of unbranched alkanes of at least 4 members (excludes halogenated alkanes) is 3. The number of hydrogen-bond acceptors (Lipinski definition) is 3. The van der Waals surface area contributed by atoms with Crippen LogP contribution in [0, 0.1) is 0 Å². The van der Waals surface area contributed by atoms with E-state index in [4.69, 9.17) is 5.73 Å². The first-order valence-electron chi connectivity index (χ1n) is 5.74. The maximum absolute atomic E-state index is 5.45. The van der Waals surface area contributed by atoms with Crippen LogP contribution in [-0.2, 0) is 6.54 Å². The summed E-state index contributed by atoms with van der Waals surface area (Å²) in [4.78, 5) is 3.85. The van der Waals surface area contributed by atoms with Crippen molar-refractivity contribution in [3.05, 3.63) is 22.4 Å². The smallest absolute Gasteiger partial charge is 0.0324 e. The van der Waals surface area contributed by atoms with Gasteiger partial charge in [-0.1, -0.05) is 18.9 Å². The molecule has 0 aliphatic heterocycles. The minimum atomic E-state index is 0.838. The Morgan fingerprint density at radius 2 is 2.07 bits per heavy atom. The van der Waals surface area contributed by atoms with Crippen LogP contribution in [0.4, 0.5) is 0 Å². The molecule has 0 atom stereocenters. The zero-order chi connectivity index (χ0) is 10.9. The van der Waals surface area contributed by atoms with Crippen molar-refractivity contribution in [3.8, 4) is 0 Å². The molecule has 1 rings (SSSR count). The van der Waals surface area contributed by atoms with Crippen LogP contribution in [0.25, 0.3) is 0 Å². The van der Waals surface area contributed by atoms with Crippen molar-refractivity contribution in [3.63, 3.8) is 0 Å². The van der Waals surface area contributed by atoms with E-state index in [0.717, 1.165) is 13.1 Å². The molecule has 0 saturated carbocycles. The molecule has 2 N–H and O–H groups in total. The minimum Gasteiger partial charge on any atom is -0.330 e. The SMILES string of the molecule is CN(CCCCCCN)Cc1cccs1. The molecule has 0 amide bonds. The number of nitrogens with two attached hydrogens (primary N) is 1. The molecule has 86 valence electrons. The first-order chi connectivity index (χ1) is 7.33. The Kier molecular flexibility index (Phi) is 6.64. The summed E-state index contributed by atoms with van der Waals surface area (Å²) in [7, 11) is 2.20. The van der Waals surface area contributed by atoms with Crippen molar-refractivity contribution >= 4 is 11.3 Å². The van der Waals surface area contributed by atoms with Crippen LogP contribution in [0.15, 0.2) is 17.5 Å². The van der Waals surface area contributed by atoms with E-state index >= 15 is 0 Å². The molecule has 1 heterocycles. The topological polar surface area (TPSA) is 29.3 Å². The molecule has 0 aromatic carbocycles. The number of hydrogen-bond donors (Lipinski definition) is 1. The summed E-state index contributed by atoms with van der Waals surface area (Å²) in [5.41, 5.74) is 5.45. The van der Waals surface area contributed by atoms with Crippen molar-refractivity contribution in [1.29, 1.82) is 0 Å². The van der Waals surface area contributed by atoms with Gasteiger partial charge in [0, 0.05) is 11.4 Å². The van der Waals surface area contributed by atoms with E-state index in [0.29, 0.717) is 0 Å². The van der Waals surface area contributed by atoms with Crippen LogP contribution < -0.4 is 5.73 Å². The summed E-state index contributed by atoms with van der Waals surface area (Å²) >= 11 is 1.84. The Hall–Kier alpha value is -0.380. The average molecular weight is 226 g/mol. The third-order valence-electron chi connectivity index (χ3n) is 2.50. The van der Waals surface area contributed by atoms with Crippen molar-refractivity contribution < 1.29 is 0 Å². The second-order valence-corrected chi connectivity index (χ2v) is 5.05. The molecular weight excluding hydrogens is 204 g/mol. The van der Waals surface area contributed by atoms with Gasteiger partial charge in [0.25, 0.3) is 0 Å². The van der Waals surface area contributed by atoms with Gasteiger partial charge < -0.3 is 10.6 Å². The third kappa shape index (κ3) is 5.92. The zero-order valence-electron chi connectivity index (χ0n) is 9.61. The molecule has 0 aliphatic rings. The fraction of sp³-hybridized carbons (Fsp3) is 0.667. The van der Waals surface area contributed by atoms with E-state index < -0.39 is 0 Å². The van der Waals surface area contributed by atoms with Gasteiger partial charge in [-0.3, -0.25) is 0 Å². The predicted molar refractivity (Wildman–Crippen MR) is 68.2 cm³/mol. The second-order valence-electron chi connectivity index (χ2n) is 4.02. The van der Waals surface area contributed by atoms with Gasteiger partial charge in [-0.05, 0) is 44.4 Å². The molecule has 0 unspecified atom stereocenters. The Balaban J connectivity index is 2.01. The molecule has 1 aromatic rings. The summed E-state index contributed by atoms with van der Waals surface area (Å²) in [6.07, 6.45) is 5.06. The van der Waals surface area contributed by atoms with Crippen molar-refractivity contribution in [2.24, 2.45) is 5.73 Å². The largest absolute Gasteiger partial charge is 0.330 e. The molecule has 3 heteroatoms. The lowest BCUT2D eigenvalue weighted by Gasteiger charge is -2.15. The van der Waals surface area contributed by atoms with Crippen LogP contribution in [0.1, 0.15) is 30.6 Å². The highest BCUT2D eigenvalue weighted by atomic mass is 32.1. The predicted octanol–water partition coefficient (Wildman–Crippen LogP) is 2.70. The normalized spacial score (nSPS) is 11.1. The van der Waals surface area contributed by atoms with Gasteiger partial charge in [-0.2, -0.15) is 0 Å². The highest BCUT2D eigenvalue weighted by Gasteiger charge is 2.00. The fourth-order valence-corrected chi connectivity index (χ4v) is 2.41. The standard InChI is InChI=1S/C12H22N2S/c1-14(9-5-3-2-4-8-13)11-12-7-6-10-15-12/h6-7,10H,2-5,8-9,11,13H2,1H3. The Morgan fingerprint density at radius 3 is 2.73 bits per heavy atom. The molecule has 1 aromatic heterocycles. The van der Waals surface area contributed by atoms with Crippen LogP contribution in [0.2, 0.25) is 0 Å².